The third kappa shape index (κ3) is 3.33. The number of nitrogens with one attached hydrogen (secondary N) is 1. The Morgan fingerprint density at radius 1 is 1.53 bits per heavy atom. The van der Waals surface area contributed by atoms with Gasteiger partial charge >= 0.3 is 5.97 Å². The molecule has 2 rings (SSSR count). The molecule has 0 aliphatic heterocycles. The van der Waals surface area contributed by atoms with E-state index in [1.165, 1.54) is 0 Å². The van der Waals surface area contributed by atoms with Gasteiger partial charge in [-0.2, -0.15) is 0 Å². The van der Waals surface area contributed by atoms with Crippen molar-refractivity contribution in [2.24, 2.45) is 11.8 Å². The molecule has 1 aliphatic carbocycles. The highest BCUT2D eigenvalue weighted by atomic mass is 16.5. The maximum atomic E-state index is 11.8. The number of carbonyl (C=O) groups is 2. The fourth-order valence-electron chi connectivity index (χ4n) is 1.86. The molecule has 6 nitrogen and oxygen atoms in total. The van der Waals surface area contributed by atoms with Crippen LogP contribution >= 0.6 is 0 Å². The van der Waals surface area contributed by atoms with Crippen LogP contribution in [0.4, 0.5) is 0 Å². The second kappa shape index (κ2) is 5.42. The summed E-state index contributed by atoms with van der Waals surface area (Å²) in [5.74, 6) is -0.798. The van der Waals surface area contributed by atoms with Gasteiger partial charge in [-0.05, 0) is 18.8 Å². The minimum absolute atomic E-state index is 0.0443. The molecule has 1 unspecified atom stereocenters. The van der Waals surface area contributed by atoms with Crippen molar-refractivity contribution < 1.29 is 19.2 Å². The minimum Gasteiger partial charge on any atom is -0.481 e. The van der Waals surface area contributed by atoms with Crippen molar-refractivity contribution >= 4 is 11.9 Å². The molecular formula is C13H18N2O4. The molecule has 19 heavy (non-hydrogen) atoms. The highest BCUT2D eigenvalue weighted by molar-refractivity contribution is 5.92. The summed E-state index contributed by atoms with van der Waals surface area (Å²) in [4.78, 5) is 22.8. The lowest BCUT2D eigenvalue weighted by Gasteiger charge is -2.16. The zero-order chi connectivity index (χ0) is 14.0. The predicted molar refractivity (Wildman–Crippen MR) is 66.8 cm³/mol. The molecule has 1 aliphatic rings. The standard InChI is InChI=1S/C13H18N2O4/c1-7(2)9(13(17)18)6-14-12(16)10-5-11(19-15-10)8-3-4-8/h5,7-9H,3-4,6H2,1-2H3,(H,14,16)(H,17,18). The van der Waals surface area contributed by atoms with E-state index in [4.69, 9.17) is 9.63 Å². The minimum atomic E-state index is -0.908. The van der Waals surface area contributed by atoms with Crippen LogP contribution in [-0.2, 0) is 4.79 Å². The van der Waals surface area contributed by atoms with Crippen LogP contribution in [0.3, 0.4) is 0 Å². The van der Waals surface area contributed by atoms with Gasteiger partial charge in [0.25, 0.3) is 5.91 Å². The zero-order valence-electron chi connectivity index (χ0n) is 11.0. The molecule has 1 heterocycles. The van der Waals surface area contributed by atoms with Crippen LogP contribution in [0.25, 0.3) is 0 Å². The quantitative estimate of drug-likeness (QED) is 0.816. The molecule has 0 aromatic carbocycles. The Hall–Kier alpha value is -1.85. The summed E-state index contributed by atoms with van der Waals surface area (Å²) < 4.78 is 5.08. The number of hydrogen-bond donors (Lipinski definition) is 2. The van der Waals surface area contributed by atoms with E-state index < -0.39 is 11.9 Å². The molecule has 1 atom stereocenters. The third-order valence-electron chi connectivity index (χ3n) is 3.35. The Balaban J connectivity index is 1.90. The van der Waals surface area contributed by atoms with Gasteiger partial charge in [-0.25, -0.2) is 0 Å². The van der Waals surface area contributed by atoms with Crippen molar-refractivity contribution in [1.82, 2.24) is 10.5 Å². The maximum Gasteiger partial charge on any atom is 0.308 e. The largest absolute Gasteiger partial charge is 0.481 e. The van der Waals surface area contributed by atoms with E-state index in [0.29, 0.717) is 5.92 Å². The molecule has 0 bridgehead atoms. The van der Waals surface area contributed by atoms with Gasteiger partial charge in [-0.3, -0.25) is 9.59 Å². The Morgan fingerprint density at radius 2 is 2.21 bits per heavy atom. The lowest BCUT2D eigenvalue weighted by atomic mass is 9.96. The van der Waals surface area contributed by atoms with Gasteiger partial charge in [0.15, 0.2) is 5.69 Å². The van der Waals surface area contributed by atoms with Crippen LogP contribution in [-0.4, -0.2) is 28.7 Å². The van der Waals surface area contributed by atoms with Crippen LogP contribution in [0, 0.1) is 11.8 Å². The van der Waals surface area contributed by atoms with Crippen molar-refractivity contribution in [3.63, 3.8) is 0 Å². The molecule has 0 spiro atoms. The van der Waals surface area contributed by atoms with E-state index in [1.54, 1.807) is 6.07 Å². The van der Waals surface area contributed by atoms with Gasteiger partial charge in [-0.1, -0.05) is 19.0 Å². The van der Waals surface area contributed by atoms with E-state index in [9.17, 15) is 9.59 Å². The van der Waals surface area contributed by atoms with E-state index in [2.05, 4.69) is 10.5 Å². The first kappa shape index (κ1) is 13.6. The maximum absolute atomic E-state index is 11.8. The van der Waals surface area contributed by atoms with Crippen molar-refractivity contribution in [3.05, 3.63) is 17.5 Å². The van der Waals surface area contributed by atoms with Crippen LogP contribution in [0.1, 0.15) is 48.9 Å². The first-order valence-corrected chi connectivity index (χ1v) is 6.46. The van der Waals surface area contributed by atoms with Gasteiger partial charge in [0.05, 0.1) is 5.92 Å². The highest BCUT2D eigenvalue weighted by Gasteiger charge is 2.29. The summed E-state index contributed by atoms with van der Waals surface area (Å²) in [6.45, 7) is 3.72. The van der Waals surface area contributed by atoms with E-state index in [-0.39, 0.29) is 24.1 Å². The average Bonchev–Trinajstić information content (AvgIpc) is 3.06. The summed E-state index contributed by atoms with van der Waals surface area (Å²) in [5, 5.41) is 15.3. The molecule has 0 saturated heterocycles. The monoisotopic (exact) mass is 266 g/mol. The lowest BCUT2D eigenvalue weighted by molar-refractivity contribution is -0.142. The highest BCUT2D eigenvalue weighted by Crippen LogP contribution is 2.40. The molecule has 0 radical (unpaired) electrons. The third-order valence-corrected chi connectivity index (χ3v) is 3.35. The van der Waals surface area contributed by atoms with Crippen molar-refractivity contribution in [1.29, 1.82) is 0 Å². The van der Waals surface area contributed by atoms with Crippen molar-refractivity contribution in [2.75, 3.05) is 6.54 Å². The second-order valence-corrected chi connectivity index (χ2v) is 5.29. The number of amides is 1. The molecule has 1 fully saturated rings. The number of carbonyl (C=O) groups excluding carboxylic acids is 1. The van der Waals surface area contributed by atoms with Crippen LogP contribution in [0.15, 0.2) is 10.6 Å². The summed E-state index contributed by atoms with van der Waals surface area (Å²) in [6.07, 6.45) is 2.15. The summed E-state index contributed by atoms with van der Waals surface area (Å²) in [7, 11) is 0. The smallest absolute Gasteiger partial charge is 0.308 e. The molecule has 1 amide bonds. The number of aliphatic carboxylic acids is 1. The summed E-state index contributed by atoms with van der Waals surface area (Å²) in [6, 6.07) is 1.64. The number of nitrogens with zero attached hydrogens (tertiary/aromatic N) is 1. The van der Waals surface area contributed by atoms with Gasteiger partial charge in [0.2, 0.25) is 0 Å². The number of aromatic nitrogens is 1. The molecule has 2 N–H and O–H groups in total. The Kier molecular flexibility index (Phi) is 3.87. The lowest BCUT2D eigenvalue weighted by Crippen LogP contribution is -2.35. The van der Waals surface area contributed by atoms with E-state index in [1.807, 2.05) is 13.8 Å². The van der Waals surface area contributed by atoms with E-state index in [0.717, 1.165) is 18.6 Å². The molecular weight excluding hydrogens is 248 g/mol. The van der Waals surface area contributed by atoms with Crippen LogP contribution < -0.4 is 5.32 Å². The van der Waals surface area contributed by atoms with E-state index >= 15 is 0 Å². The van der Waals surface area contributed by atoms with Crippen LogP contribution in [0.2, 0.25) is 0 Å². The van der Waals surface area contributed by atoms with Gasteiger partial charge < -0.3 is 14.9 Å². The fourth-order valence-corrected chi connectivity index (χ4v) is 1.86. The Bertz CT molecular complexity index is 477. The fraction of sp³-hybridized carbons (Fsp3) is 0.615. The topological polar surface area (TPSA) is 92.4 Å². The average molecular weight is 266 g/mol. The molecule has 6 heteroatoms. The van der Waals surface area contributed by atoms with Gasteiger partial charge in [0, 0.05) is 18.5 Å². The van der Waals surface area contributed by atoms with Gasteiger partial charge in [-0.15, -0.1) is 0 Å². The van der Waals surface area contributed by atoms with Gasteiger partial charge in [0.1, 0.15) is 5.76 Å². The first-order chi connectivity index (χ1) is 8.99. The Labute approximate surface area is 111 Å². The number of hydrogen-bond acceptors (Lipinski definition) is 4. The first-order valence-electron chi connectivity index (χ1n) is 6.46. The predicted octanol–water partition coefficient (Wildman–Crippen LogP) is 1.64. The summed E-state index contributed by atoms with van der Waals surface area (Å²) in [5.41, 5.74) is 0.217. The van der Waals surface area contributed by atoms with Crippen molar-refractivity contribution in [2.45, 2.75) is 32.6 Å². The number of carboxylic acids is 1. The summed E-state index contributed by atoms with van der Waals surface area (Å²) >= 11 is 0. The molecule has 1 aromatic heterocycles. The normalized spacial score (nSPS) is 16.4. The molecule has 1 saturated carbocycles. The Morgan fingerprint density at radius 3 is 2.74 bits per heavy atom. The number of rotatable bonds is 6. The second-order valence-electron chi connectivity index (χ2n) is 5.29. The zero-order valence-corrected chi connectivity index (χ0v) is 11.0. The molecule has 104 valence electrons. The van der Waals surface area contributed by atoms with Crippen LogP contribution in [0.5, 0.6) is 0 Å². The van der Waals surface area contributed by atoms with Crippen molar-refractivity contribution in [3.8, 4) is 0 Å². The molecule has 1 aromatic rings. The SMILES string of the molecule is CC(C)C(CNC(=O)c1cc(C2CC2)on1)C(=O)O. The number of carboxylic acid groups (broad SMARTS) is 1.